The molecule has 0 bridgehead atoms. The Balaban J connectivity index is 1.71. The first-order chi connectivity index (χ1) is 12.2. The predicted molar refractivity (Wildman–Crippen MR) is 92.5 cm³/mol. The lowest BCUT2D eigenvalue weighted by atomic mass is 9.94. The van der Waals surface area contributed by atoms with Gasteiger partial charge in [0.2, 0.25) is 5.91 Å². The lowest BCUT2D eigenvalue weighted by molar-refractivity contribution is -0.144. The minimum Gasteiger partial charge on any atom is -0.410 e. The average molecular weight is 387 g/mol. The number of ether oxygens (including phenoxy) is 1. The molecule has 1 aromatic rings. The van der Waals surface area contributed by atoms with Crippen molar-refractivity contribution in [3.05, 3.63) is 29.3 Å². The molecule has 2 aliphatic heterocycles. The molecule has 0 spiro atoms. The van der Waals surface area contributed by atoms with Gasteiger partial charge in [0.15, 0.2) is 0 Å². The van der Waals surface area contributed by atoms with Gasteiger partial charge < -0.3 is 9.64 Å². The normalized spacial score (nSPS) is 25.9. The molecule has 8 heteroatoms. The Morgan fingerprint density at radius 2 is 1.96 bits per heavy atom. The number of alkyl halides is 2. The first kappa shape index (κ1) is 18.9. The number of hydrogen-bond donors (Lipinski definition) is 0. The fourth-order valence-electron chi connectivity index (χ4n) is 3.48. The molecule has 2 aliphatic rings. The van der Waals surface area contributed by atoms with E-state index in [1.54, 1.807) is 12.1 Å². The molecule has 2 fully saturated rings. The smallest absolute Gasteiger partial charge is 0.410 e. The Hall–Kier alpha value is -1.89. The molecule has 1 aromatic carbocycles. The zero-order valence-corrected chi connectivity index (χ0v) is 15.2. The third-order valence-corrected chi connectivity index (χ3v) is 5.04. The number of nitrogens with zero attached hydrogens (tertiary/aromatic N) is 2. The Bertz CT molecular complexity index is 684. The summed E-state index contributed by atoms with van der Waals surface area (Å²) in [5.41, 5.74) is 0. The summed E-state index contributed by atoms with van der Waals surface area (Å²) >= 11 is 5.78. The van der Waals surface area contributed by atoms with Gasteiger partial charge in [-0.05, 0) is 36.6 Å². The molecule has 2 saturated heterocycles. The van der Waals surface area contributed by atoms with Gasteiger partial charge in [-0.1, -0.05) is 18.5 Å². The molecule has 0 radical (unpaired) electrons. The number of amides is 2. The van der Waals surface area contributed by atoms with E-state index in [-0.39, 0.29) is 24.1 Å². The number of benzene rings is 1. The minimum absolute atomic E-state index is 0.0421. The molecule has 0 aliphatic carbocycles. The maximum atomic E-state index is 14.2. The standard InChI is InChI=1S/C18H21ClF2N2O3/c1-12-2-7-16(24)23(9-12)14-8-18(20,21)11-22(10-14)17(25)26-15-5-3-13(19)4-6-15/h3-6,12,14H,2,7-11H2,1H3/t12?,14-/m1/s1. The van der Waals surface area contributed by atoms with Crippen molar-refractivity contribution in [2.45, 2.75) is 38.2 Å². The third-order valence-electron chi connectivity index (χ3n) is 4.79. The maximum Gasteiger partial charge on any atom is 0.415 e. The topological polar surface area (TPSA) is 49.9 Å². The van der Waals surface area contributed by atoms with Crippen LogP contribution in [0.5, 0.6) is 5.75 Å². The highest BCUT2D eigenvalue weighted by Crippen LogP contribution is 2.32. The van der Waals surface area contributed by atoms with Gasteiger partial charge in [-0.15, -0.1) is 0 Å². The molecule has 3 rings (SSSR count). The van der Waals surface area contributed by atoms with Crippen molar-refractivity contribution in [3.8, 4) is 5.75 Å². The quantitative estimate of drug-likeness (QED) is 0.776. The van der Waals surface area contributed by atoms with Gasteiger partial charge in [-0.3, -0.25) is 9.69 Å². The van der Waals surface area contributed by atoms with Crippen LogP contribution >= 0.6 is 11.6 Å². The first-order valence-electron chi connectivity index (χ1n) is 8.63. The summed E-state index contributed by atoms with van der Waals surface area (Å²) in [4.78, 5) is 27.0. The lowest BCUT2D eigenvalue weighted by Crippen LogP contribution is -2.59. The van der Waals surface area contributed by atoms with Crippen molar-refractivity contribution in [2.24, 2.45) is 5.92 Å². The largest absolute Gasteiger partial charge is 0.415 e. The van der Waals surface area contributed by atoms with Crippen molar-refractivity contribution in [1.82, 2.24) is 9.80 Å². The summed E-state index contributed by atoms with van der Waals surface area (Å²) < 4.78 is 33.6. The number of rotatable bonds is 2. The van der Waals surface area contributed by atoms with Crippen LogP contribution in [0.25, 0.3) is 0 Å². The van der Waals surface area contributed by atoms with Gasteiger partial charge in [-0.2, -0.15) is 0 Å². The Morgan fingerprint density at radius 1 is 1.27 bits per heavy atom. The van der Waals surface area contributed by atoms with E-state index in [1.807, 2.05) is 6.92 Å². The van der Waals surface area contributed by atoms with Gasteiger partial charge in [0.25, 0.3) is 5.92 Å². The van der Waals surface area contributed by atoms with Crippen molar-refractivity contribution < 1.29 is 23.1 Å². The molecule has 1 unspecified atom stereocenters. The van der Waals surface area contributed by atoms with Crippen molar-refractivity contribution in [1.29, 1.82) is 0 Å². The van der Waals surface area contributed by atoms with Crippen molar-refractivity contribution in [2.75, 3.05) is 19.6 Å². The van der Waals surface area contributed by atoms with Crippen LogP contribution in [0.15, 0.2) is 24.3 Å². The molecule has 0 aromatic heterocycles. The second kappa shape index (κ2) is 7.39. The number of halogens is 3. The van der Waals surface area contributed by atoms with Gasteiger partial charge in [0, 0.05) is 31.0 Å². The van der Waals surface area contributed by atoms with Crippen LogP contribution in [0.2, 0.25) is 5.02 Å². The van der Waals surface area contributed by atoms with Crippen LogP contribution in [-0.4, -0.2) is 53.4 Å². The van der Waals surface area contributed by atoms with E-state index in [0.29, 0.717) is 18.0 Å². The monoisotopic (exact) mass is 386 g/mol. The molecule has 0 N–H and O–H groups in total. The summed E-state index contributed by atoms with van der Waals surface area (Å²) in [7, 11) is 0. The number of carbonyl (C=O) groups excluding carboxylic acids is 2. The van der Waals surface area contributed by atoms with E-state index in [2.05, 4.69) is 0 Å². The summed E-state index contributed by atoms with van der Waals surface area (Å²) in [6.45, 7) is 1.76. The molecule has 26 heavy (non-hydrogen) atoms. The Labute approximate surface area is 155 Å². The molecule has 142 valence electrons. The summed E-state index contributed by atoms with van der Waals surface area (Å²) in [6.07, 6.45) is -0.163. The van der Waals surface area contributed by atoms with Crippen LogP contribution in [0, 0.1) is 5.92 Å². The van der Waals surface area contributed by atoms with E-state index < -0.39 is 31.0 Å². The SMILES string of the molecule is CC1CCC(=O)N([C@H]2CN(C(=O)Oc3ccc(Cl)cc3)CC(F)(F)C2)C1. The average Bonchev–Trinajstić information content (AvgIpc) is 2.57. The lowest BCUT2D eigenvalue weighted by Gasteiger charge is -2.44. The van der Waals surface area contributed by atoms with Gasteiger partial charge in [0.1, 0.15) is 5.75 Å². The highest BCUT2D eigenvalue weighted by molar-refractivity contribution is 6.30. The molecule has 2 amide bonds. The number of piperidine rings is 2. The maximum absolute atomic E-state index is 14.2. The van der Waals surface area contributed by atoms with E-state index in [9.17, 15) is 18.4 Å². The summed E-state index contributed by atoms with van der Waals surface area (Å²) in [5.74, 6) is -2.70. The molecule has 0 saturated carbocycles. The third kappa shape index (κ3) is 4.44. The molecule has 5 nitrogen and oxygen atoms in total. The van der Waals surface area contributed by atoms with E-state index in [0.717, 1.165) is 11.3 Å². The van der Waals surface area contributed by atoms with E-state index in [4.69, 9.17) is 16.3 Å². The van der Waals surface area contributed by atoms with Gasteiger partial charge in [0.05, 0.1) is 12.6 Å². The summed E-state index contributed by atoms with van der Waals surface area (Å²) in [6, 6.07) is 5.38. The number of hydrogen-bond acceptors (Lipinski definition) is 3. The number of likely N-dealkylation sites (tertiary alicyclic amines) is 2. The van der Waals surface area contributed by atoms with Crippen LogP contribution in [0.4, 0.5) is 13.6 Å². The highest BCUT2D eigenvalue weighted by Gasteiger charge is 2.46. The first-order valence-corrected chi connectivity index (χ1v) is 9.01. The highest BCUT2D eigenvalue weighted by atomic mass is 35.5. The predicted octanol–water partition coefficient (Wildman–Crippen LogP) is 3.81. The van der Waals surface area contributed by atoms with Crippen molar-refractivity contribution in [3.63, 3.8) is 0 Å². The molecule has 2 atom stereocenters. The molecular weight excluding hydrogens is 366 g/mol. The van der Waals surface area contributed by atoms with Crippen LogP contribution in [0.1, 0.15) is 26.2 Å². The molecule has 2 heterocycles. The molecular formula is C18H21ClF2N2O3. The summed E-state index contributed by atoms with van der Waals surface area (Å²) in [5, 5.41) is 0.479. The van der Waals surface area contributed by atoms with Crippen LogP contribution in [-0.2, 0) is 4.79 Å². The van der Waals surface area contributed by atoms with Crippen LogP contribution < -0.4 is 4.74 Å². The minimum atomic E-state index is -3.07. The zero-order valence-electron chi connectivity index (χ0n) is 14.5. The van der Waals surface area contributed by atoms with E-state index >= 15 is 0 Å². The second-order valence-corrected chi connectivity index (χ2v) is 7.54. The Kier molecular flexibility index (Phi) is 5.37. The van der Waals surface area contributed by atoms with Gasteiger partial charge in [-0.25, -0.2) is 13.6 Å². The fraction of sp³-hybridized carbons (Fsp3) is 0.556. The van der Waals surface area contributed by atoms with Crippen molar-refractivity contribution >= 4 is 23.6 Å². The number of carbonyl (C=O) groups is 2. The second-order valence-electron chi connectivity index (χ2n) is 7.11. The van der Waals surface area contributed by atoms with Gasteiger partial charge >= 0.3 is 6.09 Å². The zero-order chi connectivity index (χ0) is 18.9. The van der Waals surface area contributed by atoms with Crippen LogP contribution in [0.3, 0.4) is 0 Å². The Morgan fingerprint density at radius 3 is 2.65 bits per heavy atom. The van der Waals surface area contributed by atoms with E-state index in [1.165, 1.54) is 17.0 Å². The fourth-order valence-corrected chi connectivity index (χ4v) is 3.61.